The number of amides is 2. The molecule has 0 saturated carbocycles. The molecule has 0 radical (unpaired) electrons. The minimum absolute atomic E-state index is 0.0220. The number of carbonyl (C=O) groups excluding carboxylic acids is 2. The highest BCUT2D eigenvalue weighted by Crippen LogP contribution is 2.41. The van der Waals surface area contributed by atoms with Gasteiger partial charge >= 0.3 is 5.91 Å². The molecule has 2 aromatic heterocycles. The largest absolute Gasteiger partial charge is 0.858 e. The van der Waals surface area contributed by atoms with Crippen LogP contribution in [0.4, 0.5) is 10.1 Å². The van der Waals surface area contributed by atoms with E-state index >= 15 is 0 Å². The number of carbonyl (C=O) groups is 2. The Kier molecular flexibility index (Phi) is 5.22. The van der Waals surface area contributed by atoms with Crippen molar-refractivity contribution in [3.8, 4) is 23.1 Å². The van der Waals surface area contributed by atoms with Crippen LogP contribution in [0.15, 0.2) is 73.1 Å². The van der Waals surface area contributed by atoms with E-state index in [4.69, 9.17) is 9.47 Å². The van der Waals surface area contributed by atoms with Crippen LogP contribution >= 0.6 is 0 Å². The second kappa shape index (κ2) is 8.59. The van der Waals surface area contributed by atoms with Crippen LogP contribution in [0.1, 0.15) is 18.2 Å². The molecule has 2 amide bonds. The molecule has 2 aromatic carbocycles. The third-order valence-electron chi connectivity index (χ3n) is 6.22. The number of halogens is 1. The van der Waals surface area contributed by atoms with E-state index in [1.54, 1.807) is 55.7 Å². The lowest BCUT2D eigenvalue weighted by Gasteiger charge is -2.16. The first-order valence-corrected chi connectivity index (χ1v) is 11.5. The van der Waals surface area contributed by atoms with Gasteiger partial charge in [-0.25, -0.2) is 14.0 Å². The molecule has 10 heteroatoms. The molecule has 2 aliphatic rings. The lowest BCUT2D eigenvalue weighted by molar-refractivity contribution is -0.576. The van der Waals surface area contributed by atoms with Crippen molar-refractivity contribution in [3.63, 3.8) is 0 Å². The van der Waals surface area contributed by atoms with Gasteiger partial charge in [0.1, 0.15) is 11.4 Å². The average Bonchev–Trinajstić information content (AvgIpc) is 3.58. The van der Waals surface area contributed by atoms with Gasteiger partial charge in [0.25, 0.3) is 11.6 Å². The van der Waals surface area contributed by atoms with Crippen LogP contribution in [0.3, 0.4) is 0 Å². The van der Waals surface area contributed by atoms with Crippen molar-refractivity contribution in [1.82, 2.24) is 9.78 Å². The number of anilines is 1. The van der Waals surface area contributed by atoms with E-state index in [9.17, 15) is 19.1 Å². The van der Waals surface area contributed by atoms with Crippen LogP contribution < -0.4 is 24.0 Å². The van der Waals surface area contributed by atoms with Gasteiger partial charge in [0.15, 0.2) is 23.9 Å². The number of ether oxygens (including phenoxy) is 2. The Morgan fingerprint density at radius 3 is 2.41 bits per heavy atom. The number of pyridine rings is 1. The highest BCUT2D eigenvalue weighted by Gasteiger charge is 2.47. The number of aromatic nitrogens is 3. The number of fused-ring (bicyclic) bond motifs is 1. The van der Waals surface area contributed by atoms with Crippen LogP contribution in [0.5, 0.6) is 17.4 Å². The summed E-state index contributed by atoms with van der Waals surface area (Å²) in [6.45, 7) is 1.84. The molecule has 0 spiro atoms. The Morgan fingerprint density at radius 2 is 1.68 bits per heavy atom. The van der Waals surface area contributed by atoms with Gasteiger partial charge in [-0.3, -0.25) is 9.59 Å². The van der Waals surface area contributed by atoms with Gasteiger partial charge in [0.05, 0.1) is 17.1 Å². The van der Waals surface area contributed by atoms with Crippen molar-refractivity contribution in [2.75, 3.05) is 11.7 Å². The Morgan fingerprint density at radius 1 is 0.973 bits per heavy atom. The molecule has 0 atom stereocenters. The molecule has 0 saturated heterocycles. The molecular weight excluding hydrogens is 479 g/mol. The Hall–Kier alpha value is -4.99. The van der Waals surface area contributed by atoms with Gasteiger partial charge in [-0.1, -0.05) is 13.0 Å². The maximum absolute atomic E-state index is 13.9. The van der Waals surface area contributed by atoms with E-state index in [1.807, 2.05) is 0 Å². The number of aryl methyl sites for hydroxylation is 1. The molecule has 0 aliphatic carbocycles. The summed E-state index contributed by atoms with van der Waals surface area (Å²) in [4.78, 5) is 28.8. The van der Waals surface area contributed by atoms with Crippen molar-refractivity contribution in [2.45, 2.75) is 13.3 Å². The SMILES string of the molecule is CCc1nn(-c2ccc(F)cc2)c([O-])c1C1=C([n+]2ccccc2)C(=O)N(c2ccc3c(c2)OCO3)C1=O. The van der Waals surface area contributed by atoms with Crippen LogP contribution in [-0.2, 0) is 16.0 Å². The van der Waals surface area contributed by atoms with Crippen LogP contribution in [0.2, 0.25) is 0 Å². The smallest absolute Gasteiger partial charge is 0.331 e. The summed E-state index contributed by atoms with van der Waals surface area (Å²) in [6.07, 6.45) is 3.58. The van der Waals surface area contributed by atoms with E-state index in [-0.39, 0.29) is 29.3 Å². The second-order valence-corrected chi connectivity index (χ2v) is 8.36. The van der Waals surface area contributed by atoms with E-state index in [0.29, 0.717) is 29.3 Å². The van der Waals surface area contributed by atoms with Crippen LogP contribution in [-0.4, -0.2) is 28.4 Å². The minimum Gasteiger partial charge on any atom is -0.858 e. The molecule has 37 heavy (non-hydrogen) atoms. The molecule has 9 nitrogen and oxygen atoms in total. The summed E-state index contributed by atoms with van der Waals surface area (Å²) in [6, 6.07) is 15.2. The number of benzene rings is 2. The zero-order chi connectivity index (χ0) is 25.7. The maximum Gasteiger partial charge on any atom is 0.331 e. The van der Waals surface area contributed by atoms with Gasteiger partial charge in [0, 0.05) is 23.8 Å². The predicted molar refractivity (Wildman–Crippen MR) is 127 cm³/mol. The fraction of sp³-hybridized carbons (Fsp3) is 0.111. The first-order valence-electron chi connectivity index (χ1n) is 11.5. The highest BCUT2D eigenvalue weighted by atomic mass is 19.1. The average molecular weight is 498 g/mol. The summed E-state index contributed by atoms with van der Waals surface area (Å²) in [5, 5.41) is 18.1. The van der Waals surface area contributed by atoms with E-state index < -0.39 is 23.5 Å². The third kappa shape index (κ3) is 3.53. The normalized spacial score (nSPS) is 14.7. The molecule has 2 aliphatic heterocycles. The molecule has 184 valence electrons. The van der Waals surface area contributed by atoms with E-state index in [0.717, 1.165) is 9.58 Å². The van der Waals surface area contributed by atoms with Crippen LogP contribution in [0.25, 0.3) is 17.0 Å². The monoisotopic (exact) mass is 498 g/mol. The highest BCUT2D eigenvalue weighted by molar-refractivity contribution is 6.53. The number of imide groups is 1. The van der Waals surface area contributed by atoms with E-state index in [1.165, 1.54) is 28.8 Å². The number of rotatable bonds is 5. The predicted octanol–water partition coefficient (Wildman–Crippen LogP) is 2.61. The Labute approximate surface area is 210 Å². The fourth-order valence-electron chi connectivity index (χ4n) is 4.49. The lowest BCUT2D eigenvalue weighted by Crippen LogP contribution is -2.39. The number of hydrogen-bond acceptors (Lipinski definition) is 6. The maximum atomic E-state index is 13.9. The Balaban J connectivity index is 1.55. The van der Waals surface area contributed by atoms with Crippen molar-refractivity contribution < 1.29 is 33.1 Å². The minimum atomic E-state index is -0.666. The first kappa shape index (κ1) is 22.5. The molecule has 4 aromatic rings. The first-order chi connectivity index (χ1) is 18.0. The van der Waals surface area contributed by atoms with Crippen molar-refractivity contribution in [1.29, 1.82) is 0 Å². The van der Waals surface area contributed by atoms with Gasteiger partial charge in [-0.2, -0.15) is 9.67 Å². The summed E-state index contributed by atoms with van der Waals surface area (Å²) in [5.74, 6) is -1.40. The summed E-state index contributed by atoms with van der Waals surface area (Å²) >= 11 is 0. The van der Waals surface area contributed by atoms with Gasteiger partial charge in [0.2, 0.25) is 6.79 Å². The standard InChI is InChI=1S/C27H19FN4O5/c1-2-19-22(26(34)32(29-19)17-8-6-16(28)7-9-17)23-24(30-12-4-3-5-13-30)27(35)31(25(23)33)18-10-11-20-21(14-18)37-15-36-20/h3-14H,2,15H2,1H3. The van der Waals surface area contributed by atoms with Crippen molar-refractivity contribution >= 4 is 28.8 Å². The molecule has 4 heterocycles. The second-order valence-electron chi connectivity index (χ2n) is 8.36. The fourth-order valence-corrected chi connectivity index (χ4v) is 4.49. The molecule has 0 N–H and O–H groups in total. The van der Waals surface area contributed by atoms with Gasteiger partial charge in [-0.05, 0) is 48.7 Å². The number of hydrogen-bond donors (Lipinski definition) is 0. The molecule has 6 rings (SSSR count). The zero-order valence-electron chi connectivity index (χ0n) is 19.6. The van der Waals surface area contributed by atoms with Gasteiger partial charge in [-0.15, -0.1) is 0 Å². The molecular formula is C27H19FN4O5. The lowest BCUT2D eigenvalue weighted by atomic mass is 10.0. The quantitative estimate of drug-likeness (QED) is 0.310. The number of nitrogens with zero attached hydrogens (tertiary/aromatic N) is 4. The zero-order valence-corrected chi connectivity index (χ0v) is 19.6. The summed E-state index contributed by atoms with van der Waals surface area (Å²) in [7, 11) is 0. The Bertz CT molecular complexity index is 1600. The molecule has 0 bridgehead atoms. The third-order valence-corrected chi connectivity index (χ3v) is 6.22. The van der Waals surface area contributed by atoms with Crippen molar-refractivity contribution in [3.05, 3.63) is 90.1 Å². The summed E-state index contributed by atoms with van der Waals surface area (Å²) < 4.78 is 26.9. The molecule has 0 unspecified atom stereocenters. The van der Waals surface area contributed by atoms with Crippen molar-refractivity contribution in [2.24, 2.45) is 0 Å². The van der Waals surface area contributed by atoms with E-state index in [2.05, 4.69) is 5.10 Å². The van der Waals surface area contributed by atoms with Crippen LogP contribution in [0, 0.1) is 5.82 Å². The molecule has 0 fully saturated rings. The summed E-state index contributed by atoms with van der Waals surface area (Å²) in [5.41, 5.74) is 0.945. The van der Waals surface area contributed by atoms with Gasteiger partial charge < -0.3 is 14.6 Å². The topological polar surface area (TPSA) is 101 Å².